The Balaban J connectivity index is 3.44. The summed E-state index contributed by atoms with van der Waals surface area (Å²) < 4.78 is 0. The van der Waals surface area contributed by atoms with Crippen molar-refractivity contribution in [2.24, 2.45) is 0 Å². The van der Waals surface area contributed by atoms with Gasteiger partial charge in [-0.15, -0.1) is 0 Å². The van der Waals surface area contributed by atoms with Crippen molar-refractivity contribution in [2.75, 3.05) is 0 Å². The fourth-order valence-electron chi connectivity index (χ4n) is 2.05. The van der Waals surface area contributed by atoms with Crippen LogP contribution in [0.25, 0.3) is 0 Å². The van der Waals surface area contributed by atoms with Gasteiger partial charge < -0.3 is 10.8 Å². The second-order valence-corrected chi connectivity index (χ2v) is 5.16. The third kappa shape index (κ3) is 11.8. The number of Topliss-reactive ketones (excluding diaryl/α,β-unsaturated/α-hetero) is 2. The summed E-state index contributed by atoms with van der Waals surface area (Å²) in [6.45, 7) is 0. The Morgan fingerprint density at radius 3 is 1.30 bits per heavy atom. The van der Waals surface area contributed by atoms with Crippen molar-refractivity contribution in [3.63, 3.8) is 0 Å². The molecule has 2 N–H and O–H groups in total. The standard InChI is InChI=1S/C16H28N2O2/c17-13-9-5-1-3-7-11-15(19)16(20)12-8-4-2-6-10-14-18/h13-14,17-18H,1-12H2. The van der Waals surface area contributed by atoms with Gasteiger partial charge >= 0.3 is 0 Å². The van der Waals surface area contributed by atoms with E-state index >= 15 is 0 Å². The van der Waals surface area contributed by atoms with Crippen LogP contribution in [0.1, 0.15) is 77.0 Å². The lowest BCUT2D eigenvalue weighted by molar-refractivity contribution is -0.136. The van der Waals surface area contributed by atoms with Gasteiger partial charge in [-0.1, -0.05) is 25.7 Å². The predicted octanol–water partition coefficient (Wildman–Crippen LogP) is 4.10. The van der Waals surface area contributed by atoms with Crippen molar-refractivity contribution >= 4 is 24.0 Å². The summed E-state index contributed by atoms with van der Waals surface area (Å²) in [6.07, 6.45) is 12.8. The van der Waals surface area contributed by atoms with Gasteiger partial charge in [0.15, 0.2) is 11.6 Å². The van der Waals surface area contributed by atoms with Crippen molar-refractivity contribution < 1.29 is 9.59 Å². The highest BCUT2D eigenvalue weighted by Crippen LogP contribution is 2.08. The van der Waals surface area contributed by atoms with Crippen LogP contribution in [0.15, 0.2) is 0 Å². The maximum Gasteiger partial charge on any atom is 0.198 e. The molecule has 0 aliphatic rings. The van der Waals surface area contributed by atoms with Gasteiger partial charge in [-0.2, -0.15) is 0 Å². The van der Waals surface area contributed by atoms with Gasteiger partial charge in [0.25, 0.3) is 0 Å². The highest BCUT2D eigenvalue weighted by atomic mass is 16.2. The van der Waals surface area contributed by atoms with Crippen LogP contribution in [0.3, 0.4) is 0 Å². The van der Waals surface area contributed by atoms with Crippen molar-refractivity contribution in [2.45, 2.75) is 77.0 Å². The van der Waals surface area contributed by atoms with Crippen molar-refractivity contribution in [1.29, 1.82) is 10.8 Å². The Morgan fingerprint density at radius 2 is 0.950 bits per heavy atom. The molecule has 20 heavy (non-hydrogen) atoms. The zero-order valence-corrected chi connectivity index (χ0v) is 12.5. The fourth-order valence-corrected chi connectivity index (χ4v) is 2.05. The van der Waals surface area contributed by atoms with Gasteiger partial charge in [0.05, 0.1) is 0 Å². The molecule has 114 valence electrons. The minimum absolute atomic E-state index is 0.212. The first-order chi connectivity index (χ1) is 9.72. The molecule has 4 nitrogen and oxygen atoms in total. The van der Waals surface area contributed by atoms with E-state index in [-0.39, 0.29) is 11.6 Å². The second kappa shape index (κ2) is 14.1. The lowest BCUT2D eigenvalue weighted by atomic mass is 10.0. The molecule has 0 amide bonds. The summed E-state index contributed by atoms with van der Waals surface area (Å²) >= 11 is 0. The third-order valence-corrected chi connectivity index (χ3v) is 3.32. The van der Waals surface area contributed by atoms with Gasteiger partial charge in [0.2, 0.25) is 0 Å². The number of unbranched alkanes of at least 4 members (excludes halogenated alkanes) is 8. The van der Waals surface area contributed by atoms with Gasteiger partial charge in [-0.25, -0.2) is 0 Å². The van der Waals surface area contributed by atoms with Crippen molar-refractivity contribution in [1.82, 2.24) is 0 Å². The smallest absolute Gasteiger partial charge is 0.198 e. The monoisotopic (exact) mass is 280 g/mol. The topological polar surface area (TPSA) is 81.8 Å². The Hall–Kier alpha value is -1.32. The lowest BCUT2D eigenvalue weighted by Gasteiger charge is -2.01. The molecule has 0 heterocycles. The maximum absolute atomic E-state index is 11.6. The molecule has 4 heteroatoms. The van der Waals surface area contributed by atoms with E-state index in [1.165, 1.54) is 12.4 Å². The highest BCUT2D eigenvalue weighted by molar-refractivity contribution is 6.37. The first-order valence-electron chi connectivity index (χ1n) is 7.76. The zero-order valence-electron chi connectivity index (χ0n) is 12.5. The first-order valence-corrected chi connectivity index (χ1v) is 7.76. The molecule has 0 radical (unpaired) electrons. The maximum atomic E-state index is 11.6. The number of ketones is 2. The van der Waals surface area contributed by atoms with E-state index in [0.29, 0.717) is 12.8 Å². The molecule has 0 saturated heterocycles. The van der Waals surface area contributed by atoms with Crippen molar-refractivity contribution in [3.8, 4) is 0 Å². The van der Waals surface area contributed by atoms with Gasteiger partial charge in [-0.05, 0) is 51.0 Å². The summed E-state index contributed by atoms with van der Waals surface area (Å²) in [5.74, 6) is -0.423. The van der Waals surface area contributed by atoms with Crippen LogP contribution in [0.2, 0.25) is 0 Å². The Morgan fingerprint density at radius 1 is 0.600 bits per heavy atom. The number of carbonyl (C=O) groups is 2. The summed E-state index contributed by atoms with van der Waals surface area (Å²) in [7, 11) is 0. The molecule has 0 unspecified atom stereocenters. The highest BCUT2D eigenvalue weighted by Gasteiger charge is 2.12. The molecule has 0 atom stereocenters. The molecule has 0 aliphatic carbocycles. The normalized spacial score (nSPS) is 10.2. The van der Waals surface area contributed by atoms with Crippen LogP contribution in [-0.2, 0) is 9.59 Å². The minimum Gasteiger partial charge on any atom is -0.313 e. The predicted molar refractivity (Wildman–Crippen MR) is 83.0 cm³/mol. The van der Waals surface area contributed by atoms with E-state index in [2.05, 4.69) is 0 Å². The first kappa shape index (κ1) is 18.7. The van der Waals surface area contributed by atoms with E-state index in [0.717, 1.165) is 64.2 Å². The summed E-state index contributed by atoms with van der Waals surface area (Å²) in [4.78, 5) is 23.2. The Kier molecular flexibility index (Phi) is 13.2. The van der Waals surface area contributed by atoms with Gasteiger partial charge in [0.1, 0.15) is 0 Å². The number of hydrogen-bond donors (Lipinski definition) is 2. The summed E-state index contributed by atoms with van der Waals surface area (Å²) in [6, 6.07) is 0. The Bertz CT molecular complexity index is 271. The van der Waals surface area contributed by atoms with Gasteiger partial charge in [0, 0.05) is 12.8 Å². The number of hydrogen-bond acceptors (Lipinski definition) is 4. The van der Waals surface area contributed by atoms with Crippen LogP contribution in [-0.4, -0.2) is 24.0 Å². The summed E-state index contributed by atoms with van der Waals surface area (Å²) in [5.41, 5.74) is 0. The van der Waals surface area contributed by atoms with E-state index < -0.39 is 0 Å². The van der Waals surface area contributed by atoms with Crippen molar-refractivity contribution in [3.05, 3.63) is 0 Å². The van der Waals surface area contributed by atoms with Crippen LogP contribution in [0.4, 0.5) is 0 Å². The van der Waals surface area contributed by atoms with Crippen LogP contribution in [0.5, 0.6) is 0 Å². The zero-order chi connectivity index (χ0) is 15.1. The quantitative estimate of drug-likeness (QED) is 0.269. The van der Waals surface area contributed by atoms with Crippen LogP contribution >= 0.6 is 0 Å². The second-order valence-electron chi connectivity index (χ2n) is 5.16. The lowest BCUT2D eigenvalue weighted by Crippen LogP contribution is -2.13. The number of carbonyl (C=O) groups excluding carboxylic acids is 2. The van der Waals surface area contributed by atoms with E-state index in [4.69, 9.17) is 10.8 Å². The molecule has 0 aromatic carbocycles. The van der Waals surface area contributed by atoms with E-state index in [1.807, 2.05) is 0 Å². The van der Waals surface area contributed by atoms with Crippen LogP contribution in [0, 0.1) is 10.8 Å². The number of nitrogens with one attached hydrogen (secondary N) is 2. The average molecular weight is 280 g/mol. The molecule has 0 rings (SSSR count). The van der Waals surface area contributed by atoms with E-state index in [1.54, 1.807) is 0 Å². The molecule has 0 saturated carbocycles. The molecule has 0 aromatic heterocycles. The number of rotatable bonds is 15. The SMILES string of the molecule is N=CCCCCCCC(=O)C(=O)CCCCCCC=N. The molecule has 0 fully saturated rings. The molecule has 0 aromatic rings. The van der Waals surface area contributed by atoms with E-state index in [9.17, 15) is 9.59 Å². The Labute approximate surface area is 122 Å². The van der Waals surface area contributed by atoms with Gasteiger partial charge in [-0.3, -0.25) is 9.59 Å². The average Bonchev–Trinajstić information content (AvgIpc) is 2.45. The fraction of sp³-hybridized carbons (Fsp3) is 0.750. The summed E-state index contributed by atoms with van der Waals surface area (Å²) in [5, 5.41) is 13.8. The molecular weight excluding hydrogens is 252 g/mol. The molecular formula is C16H28N2O2. The molecule has 0 spiro atoms. The minimum atomic E-state index is -0.212. The molecule has 0 bridgehead atoms. The van der Waals surface area contributed by atoms with Crippen LogP contribution < -0.4 is 0 Å². The third-order valence-electron chi connectivity index (χ3n) is 3.32. The largest absolute Gasteiger partial charge is 0.313 e. The molecule has 0 aliphatic heterocycles.